The van der Waals surface area contributed by atoms with Crippen molar-refractivity contribution in [3.63, 3.8) is 0 Å². The lowest BCUT2D eigenvalue weighted by atomic mass is 10.3. The zero-order chi connectivity index (χ0) is 10.7. The van der Waals surface area contributed by atoms with Gasteiger partial charge in [-0.2, -0.15) is 0 Å². The Hall–Kier alpha value is -1.03. The third kappa shape index (κ3) is 2.00. The lowest BCUT2D eigenvalue weighted by Gasteiger charge is -2.21. The van der Waals surface area contributed by atoms with Gasteiger partial charge in [0, 0.05) is 24.6 Å². The van der Waals surface area contributed by atoms with Gasteiger partial charge in [-0.05, 0) is 19.1 Å². The minimum absolute atomic E-state index is 0.896. The third-order valence-electron chi connectivity index (χ3n) is 2.39. The van der Waals surface area contributed by atoms with Gasteiger partial charge in [0.15, 0.2) is 0 Å². The summed E-state index contributed by atoms with van der Waals surface area (Å²) in [7, 11) is 0. The Labute approximate surface area is 97.2 Å². The molecule has 0 aliphatic rings. The summed E-state index contributed by atoms with van der Waals surface area (Å²) in [5.41, 5.74) is 0.896. The molecule has 0 aromatic carbocycles. The van der Waals surface area contributed by atoms with Crippen LogP contribution in [0.25, 0.3) is 11.0 Å². The summed E-state index contributed by atoms with van der Waals surface area (Å²) < 4.78 is 5.35. The van der Waals surface area contributed by atoms with Gasteiger partial charge in [-0.25, -0.2) is 4.98 Å². The highest BCUT2D eigenvalue weighted by Gasteiger charge is 2.10. The molecule has 0 unspecified atom stereocenters. The van der Waals surface area contributed by atoms with Crippen LogP contribution in [-0.2, 0) is 0 Å². The van der Waals surface area contributed by atoms with Crippen molar-refractivity contribution in [3.8, 4) is 0 Å². The molecule has 0 N–H and O–H groups in total. The number of hydrogen-bond donors (Lipinski definition) is 0. The van der Waals surface area contributed by atoms with Crippen molar-refractivity contribution < 1.29 is 4.42 Å². The van der Waals surface area contributed by atoms with Crippen molar-refractivity contribution in [3.05, 3.63) is 24.6 Å². The maximum absolute atomic E-state index is 5.35. The van der Waals surface area contributed by atoms with E-state index in [2.05, 4.69) is 32.7 Å². The Kier molecular flexibility index (Phi) is 3.26. The van der Waals surface area contributed by atoms with Gasteiger partial charge in [0.05, 0.1) is 11.6 Å². The van der Waals surface area contributed by atoms with Gasteiger partial charge in [-0.3, -0.25) is 0 Å². The summed E-state index contributed by atoms with van der Waals surface area (Å²) in [6, 6.07) is 3.86. The van der Waals surface area contributed by atoms with E-state index in [1.807, 2.05) is 12.1 Å². The van der Waals surface area contributed by atoms with Crippen LogP contribution in [0, 0.1) is 0 Å². The molecule has 0 atom stereocenters. The molecule has 0 amide bonds. The molecular weight excluding hydrogens is 256 g/mol. The Morgan fingerprint density at radius 2 is 2.33 bits per heavy atom. The van der Waals surface area contributed by atoms with Crippen LogP contribution in [0.2, 0.25) is 0 Å². The summed E-state index contributed by atoms with van der Waals surface area (Å²) >= 11 is 3.45. The van der Waals surface area contributed by atoms with E-state index in [-0.39, 0.29) is 0 Å². The molecule has 0 spiro atoms. The van der Waals surface area contributed by atoms with Gasteiger partial charge in [0.1, 0.15) is 11.4 Å². The molecule has 80 valence electrons. The zero-order valence-electron chi connectivity index (χ0n) is 8.61. The molecule has 15 heavy (non-hydrogen) atoms. The van der Waals surface area contributed by atoms with Crippen molar-refractivity contribution in [2.45, 2.75) is 6.92 Å². The van der Waals surface area contributed by atoms with Gasteiger partial charge in [0.2, 0.25) is 0 Å². The molecule has 3 nitrogen and oxygen atoms in total. The molecule has 4 heteroatoms. The first kappa shape index (κ1) is 10.5. The highest BCUT2D eigenvalue weighted by Crippen LogP contribution is 2.24. The summed E-state index contributed by atoms with van der Waals surface area (Å²) in [5, 5.41) is 2.02. The Bertz CT molecular complexity index is 441. The van der Waals surface area contributed by atoms with E-state index in [0.29, 0.717) is 0 Å². The van der Waals surface area contributed by atoms with Crippen LogP contribution in [0.3, 0.4) is 0 Å². The number of aromatic nitrogens is 1. The predicted molar refractivity (Wildman–Crippen MR) is 65.7 cm³/mol. The van der Waals surface area contributed by atoms with Crippen LogP contribution in [-0.4, -0.2) is 23.4 Å². The van der Waals surface area contributed by atoms with Crippen LogP contribution in [0.5, 0.6) is 0 Å². The van der Waals surface area contributed by atoms with Crippen LogP contribution in [0.1, 0.15) is 6.92 Å². The molecule has 0 saturated carbocycles. The lowest BCUT2D eigenvalue weighted by molar-refractivity contribution is 0.615. The van der Waals surface area contributed by atoms with Crippen molar-refractivity contribution >= 4 is 32.7 Å². The van der Waals surface area contributed by atoms with Crippen LogP contribution in [0.15, 0.2) is 29.0 Å². The molecule has 0 bridgehead atoms. The number of pyridine rings is 1. The smallest absolute Gasteiger partial charge is 0.139 e. The Morgan fingerprint density at radius 3 is 3.07 bits per heavy atom. The first-order chi connectivity index (χ1) is 7.36. The first-order valence-electron chi connectivity index (χ1n) is 5.00. The predicted octanol–water partition coefficient (Wildman–Crippen LogP) is 3.05. The number of alkyl halides is 1. The second-order valence-electron chi connectivity index (χ2n) is 3.24. The average Bonchev–Trinajstić information content (AvgIpc) is 2.73. The summed E-state index contributed by atoms with van der Waals surface area (Å²) in [6.45, 7) is 4.03. The van der Waals surface area contributed by atoms with Crippen molar-refractivity contribution in [2.75, 3.05) is 23.3 Å². The minimum atomic E-state index is 0.896. The molecule has 0 aliphatic carbocycles. The van der Waals surface area contributed by atoms with E-state index in [0.717, 1.165) is 35.2 Å². The molecule has 2 aromatic heterocycles. The fourth-order valence-corrected chi connectivity index (χ4v) is 2.08. The maximum Gasteiger partial charge on any atom is 0.139 e. The zero-order valence-corrected chi connectivity index (χ0v) is 10.2. The van der Waals surface area contributed by atoms with Gasteiger partial charge < -0.3 is 9.32 Å². The van der Waals surface area contributed by atoms with Crippen molar-refractivity contribution in [2.24, 2.45) is 0 Å². The van der Waals surface area contributed by atoms with Crippen molar-refractivity contribution in [1.82, 2.24) is 4.98 Å². The second-order valence-corrected chi connectivity index (χ2v) is 4.03. The highest BCUT2D eigenvalue weighted by molar-refractivity contribution is 9.09. The van der Waals surface area contributed by atoms with E-state index in [1.165, 1.54) is 0 Å². The normalized spacial score (nSPS) is 10.8. The topological polar surface area (TPSA) is 29.3 Å². The van der Waals surface area contributed by atoms with Gasteiger partial charge in [-0.1, -0.05) is 15.9 Å². The fourth-order valence-electron chi connectivity index (χ4n) is 1.65. The minimum Gasteiger partial charge on any atom is -0.464 e. The van der Waals surface area contributed by atoms with Crippen LogP contribution in [0.4, 0.5) is 5.82 Å². The molecule has 0 radical (unpaired) electrons. The quantitative estimate of drug-likeness (QED) is 0.799. The number of rotatable bonds is 4. The largest absolute Gasteiger partial charge is 0.464 e. The van der Waals surface area contributed by atoms with E-state index in [9.17, 15) is 0 Å². The summed E-state index contributed by atoms with van der Waals surface area (Å²) in [4.78, 5) is 6.64. The van der Waals surface area contributed by atoms with E-state index in [1.54, 1.807) is 12.5 Å². The molecule has 2 aromatic rings. The number of nitrogens with zero attached hydrogens (tertiary/aromatic N) is 2. The first-order valence-corrected chi connectivity index (χ1v) is 6.12. The second kappa shape index (κ2) is 4.66. The molecule has 0 fully saturated rings. The van der Waals surface area contributed by atoms with E-state index >= 15 is 0 Å². The van der Waals surface area contributed by atoms with E-state index < -0.39 is 0 Å². The fraction of sp³-hybridized carbons (Fsp3) is 0.364. The Balaban J connectivity index is 2.44. The number of furan rings is 1. The molecule has 0 saturated heterocycles. The number of fused-ring (bicyclic) bond motifs is 1. The molecule has 0 aliphatic heterocycles. The summed E-state index contributed by atoms with van der Waals surface area (Å²) in [5.74, 6) is 1.00. The van der Waals surface area contributed by atoms with Crippen molar-refractivity contribution in [1.29, 1.82) is 0 Å². The maximum atomic E-state index is 5.35. The van der Waals surface area contributed by atoms with E-state index in [4.69, 9.17) is 4.42 Å². The molecular formula is C11H13BrN2O. The monoisotopic (exact) mass is 268 g/mol. The molecule has 2 heterocycles. The van der Waals surface area contributed by atoms with Gasteiger partial charge in [0.25, 0.3) is 0 Å². The number of halogens is 1. The standard InChI is InChI=1S/C11H13BrN2O/c1-2-14(7-5-12)11-9-4-8-15-10(9)3-6-13-11/h3-4,6,8H,2,5,7H2,1H3. The lowest BCUT2D eigenvalue weighted by Crippen LogP contribution is -2.25. The van der Waals surface area contributed by atoms with Crippen LogP contribution < -0.4 is 4.90 Å². The Morgan fingerprint density at radius 1 is 1.47 bits per heavy atom. The van der Waals surface area contributed by atoms with Gasteiger partial charge in [-0.15, -0.1) is 0 Å². The SMILES string of the molecule is CCN(CCBr)c1nccc2occc12. The molecule has 2 rings (SSSR count). The third-order valence-corrected chi connectivity index (χ3v) is 2.75. The van der Waals surface area contributed by atoms with Gasteiger partial charge >= 0.3 is 0 Å². The summed E-state index contributed by atoms with van der Waals surface area (Å²) in [6.07, 6.45) is 3.50. The number of anilines is 1. The number of hydrogen-bond acceptors (Lipinski definition) is 3. The average molecular weight is 269 g/mol. The highest BCUT2D eigenvalue weighted by atomic mass is 79.9. The van der Waals surface area contributed by atoms with Crippen LogP contribution >= 0.6 is 15.9 Å².